The Balaban J connectivity index is 3.32. The molecule has 1 aliphatic rings. The number of urea groups is 4. The lowest BCUT2D eigenvalue weighted by Gasteiger charge is -2.37. The zero-order valence-electron chi connectivity index (χ0n) is 43.3. The zero-order chi connectivity index (χ0) is 52.8. The van der Waals surface area contributed by atoms with Crippen molar-refractivity contribution in [1.29, 1.82) is 0 Å². The molecule has 1 heterocycles. The summed E-state index contributed by atoms with van der Waals surface area (Å²) in [6.45, 7) is 19.4. The van der Waals surface area contributed by atoms with E-state index in [9.17, 15) is 53.4 Å². The van der Waals surface area contributed by atoms with Gasteiger partial charge in [-0.3, -0.25) is 39.9 Å². The van der Waals surface area contributed by atoms with Crippen LogP contribution in [0.5, 0.6) is 0 Å². The van der Waals surface area contributed by atoms with E-state index in [4.69, 9.17) is 0 Å². The topological polar surface area (TPSA) is 274 Å². The van der Waals surface area contributed by atoms with E-state index in [0.29, 0.717) is 23.5 Å². The first-order valence-corrected chi connectivity index (χ1v) is 24.9. The van der Waals surface area contributed by atoms with Gasteiger partial charge in [0.2, 0.25) is 17.7 Å². The molecule has 6 atom stereocenters. The minimum absolute atomic E-state index is 0.00474. The van der Waals surface area contributed by atoms with E-state index in [2.05, 4.69) is 27.4 Å². The van der Waals surface area contributed by atoms with Crippen LogP contribution < -0.4 is 26.6 Å². The number of hydrogen-bond acceptors (Lipinski definition) is 14. The number of carbonyl (C=O) groups is 9. The average molecular weight is 998 g/mol. The molecule has 22 nitrogen and oxygen atoms in total. The Labute approximate surface area is 413 Å². The fourth-order valence-electron chi connectivity index (χ4n) is 7.40. The van der Waals surface area contributed by atoms with Gasteiger partial charge >= 0.3 is 24.1 Å². The lowest BCUT2D eigenvalue weighted by molar-refractivity contribution is -0.146. The van der Waals surface area contributed by atoms with Crippen LogP contribution in [0.15, 0.2) is 12.2 Å². The summed E-state index contributed by atoms with van der Waals surface area (Å²) >= 11 is 1.16. The van der Waals surface area contributed by atoms with Crippen molar-refractivity contribution in [3.05, 3.63) is 12.2 Å². The number of imide groups is 4. The predicted molar refractivity (Wildman–Crippen MR) is 265 cm³/mol. The van der Waals surface area contributed by atoms with Gasteiger partial charge in [-0.15, -0.1) is 11.8 Å². The maximum Gasteiger partial charge on any atom is 0.333 e. The third-order valence-electron chi connectivity index (χ3n) is 11.8. The normalized spacial score (nSPS) is 16.0. The highest BCUT2D eigenvalue weighted by Crippen LogP contribution is 2.24. The second kappa shape index (κ2) is 30.7. The van der Waals surface area contributed by atoms with E-state index in [1.807, 2.05) is 55.8 Å². The van der Waals surface area contributed by atoms with Gasteiger partial charge in [0.25, 0.3) is 11.8 Å². The molecule has 1 aliphatic heterocycles. The summed E-state index contributed by atoms with van der Waals surface area (Å²) in [6, 6.07) is -8.58. The van der Waals surface area contributed by atoms with Crippen LogP contribution in [-0.4, -0.2) is 209 Å². The van der Waals surface area contributed by atoms with Crippen LogP contribution in [0.2, 0.25) is 0 Å². The number of piperazine rings is 1. The monoisotopic (exact) mass is 998 g/mol. The third kappa shape index (κ3) is 21.8. The third-order valence-corrected chi connectivity index (χ3v) is 13.1. The van der Waals surface area contributed by atoms with Crippen molar-refractivity contribution in [2.24, 2.45) is 11.8 Å². The zero-order valence-corrected chi connectivity index (χ0v) is 44.1. The molecule has 0 bridgehead atoms. The van der Waals surface area contributed by atoms with Gasteiger partial charge in [-0.25, -0.2) is 24.1 Å². The molecule has 0 radical (unpaired) electrons. The second-order valence-corrected chi connectivity index (χ2v) is 19.9. The van der Waals surface area contributed by atoms with E-state index in [0.717, 1.165) is 74.3 Å². The Hall–Kier alpha value is -4.84. The number of nitrogens with zero attached hydrogens (tertiary/aromatic N) is 6. The molecule has 0 saturated carbocycles. The van der Waals surface area contributed by atoms with Crippen LogP contribution >= 0.6 is 11.8 Å². The second-order valence-electron chi connectivity index (χ2n) is 18.7. The number of nitrogens with one attached hydrogen (secondary N) is 5. The molecule has 0 unspecified atom stereocenters. The number of amides is 13. The van der Waals surface area contributed by atoms with Gasteiger partial charge in [0.1, 0.15) is 18.1 Å². The Bertz CT molecular complexity index is 1760. The van der Waals surface area contributed by atoms with Crippen LogP contribution in [-0.2, 0) is 24.0 Å². The molecule has 0 aromatic heterocycles. The van der Waals surface area contributed by atoms with E-state index in [1.54, 1.807) is 6.92 Å². The molecule has 0 aliphatic carbocycles. The number of allylic oxidation sites excluding steroid dienone is 2. The van der Waals surface area contributed by atoms with Crippen molar-refractivity contribution in [3.8, 4) is 0 Å². The molecule has 0 aromatic carbocycles. The minimum atomic E-state index is -1.59. The Kier molecular flexibility index (Phi) is 27.7. The Morgan fingerprint density at radius 2 is 1.33 bits per heavy atom. The first-order chi connectivity index (χ1) is 32.2. The molecule has 0 aromatic rings. The van der Waals surface area contributed by atoms with E-state index in [1.165, 1.54) is 46.9 Å². The number of rotatable bonds is 25. The molecule has 69 heavy (non-hydrogen) atoms. The van der Waals surface area contributed by atoms with Crippen molar-refractivity contribution in [3.63, 3.8) is 0 Å². The summed E-state index contributed by atoms with van der Waals surface area (Å²) in [7, 11) is 6.33. The van der Waals surface area contributed by atoms with Gasteiger partial charge in [0.05, 0.1) is 18.1 Å². The highest BCUT2D eigenvalue weighted by Gasteiger charge is 2.40. The number of likely N-dealkylation sites (N-methyl/N-ethyl adjacent to an activating group) is 4. The molecular formula is C46H83N11O11S. The number of thioether (sulfide) groups is 1. The molecule has 23 heteroatoms. The lowest BCUT2D eigenvalue weighted by Crippen LogP contribution is -2.59. The highest BCUT2D eigenvalue weighted by molar-refractivity contribution is 8.00. The SMILES string of the molecule is C/C=C/C[C@@H](C)[C@@H](O)CC(=O)N[C@@H](CC)C(=O)N(C)[C@H](SCCCN1CCN(CCC)CC1)C(=O)N(C)[C@@H](CC(C)(C)O)C(=O)NC(=O)N(C)C(=O)NC(=O)NC(=O)N(C)[C@@H](CC(C)C)C(=O)NC. The maximum atomic E-state index is 14.6. The van der Waals surface area contributed by atoms with Crippen molar-refractivity contribution in [2.45, 2.75) is 136 Å². The molecule has 7 N–H and O–H groups in total. The average Bonchev–Trinajstić information content (AvgIpc) is 3.29. The van der Waals surface area contributed by atoms with Crippen LogP contribution in [0.3, 0.4) is 0 Å². The fraction of sp³-hybridized carbons (Fsp3) is 0.761. The van der Waals surface area contributed by atoms with Crippen molar-refractivity contribution in [1.82, 2.24) is 56.0 Å². The summed E-state index contributed by atoms with van der Waals surface area (Å²) in [5, 5.41) is 31.3. The van der Waals surface area contributed by atoms with Gasteiger partial charge in [0, 0.05) is 67.8 Å². The number of carbonyl (C=O) groups excluding carboxylic acids is 9. The quantitative estimate of drug-likeness (QED) is 0.0392. The summed E-state index contributed by atoms with van der Waals surface area (Å²) in [5.74, 6) is -3.26. The van der Waals surface area contributed by atoms with Gasteiger partial charge in [0.15, 0.2) is 5.37 Å². The van der Waals surface area contributed by atoms with Crippen LogP contribution in [0.1, 0.15) is 100 Å². The predicted octanol–water partition coefficient (Wildman–Crippen LogP) is 1.96. The summed E-state index contributed by atoms with van der Waals surface area (Å²) in [6.07, 6.45) is 4.83. The molecule has 1 fully saturated rings. The summed E-state index contributed by atoms with van der Waals surface area (Å²) in [5.41, 5.74) is -1.59. The van der Waals surface area contributed by atoms with Crippen molar-refractivity contribution < 1.29 is 53.4 Å². The molecule has 394 valence electrons. The van der Waals surface area contributed by atoms with E-state index >= 15 is 0 Å². The molecule has 1 rings (SSSR count). The minimum Gasteiger partial charge on any atom is -0.392 e. The number of aliphatic hydroxyl groups is 2. The molecular weight excluding hydrogens is 915 g/mol. The van der Waals surface area contributed by atoms with Gasteiger partial charge in [-0.1, -0.05) is 46.8 Å². The first-order valence-electron chi connectivity index (χ1n) is 23.8. The Morgan fingerprint density at radius 3 is 1.86 bits per heavy atom. The van der Waals surface area contributed by atoms with Crippen molar-refractivity contribution in [2.75, 3.05) is 80.3 Å². The van der Waals surface area contributed by atoms with Crippen LogP contribution in [0.25, 0.3) is 0 Å². The summed E-state index contributed by atoms with van der Waals surface area (Å²) in [4.78, 5) is 128. The number of hydrogen-bond donors (Lipinski definition) is 7. The van der Waals surface area contributed by atoms with Crippen LogP contribution in [0.4, 0.5) is 19.2 Å². The van der Waals surface area contributed by atoms with Gasteiger partial charge in [-0.05, 0) is 83.6 Å². The Morgan fingerprint density at radius 1 is 0.768 bits per heavy atom. The smallest absolute Gasteiger partial charge is 0.333 e. The van der Waals surface area contributed by atoms with E-state index in [-0.39, 0.29) is 31.1 Å². The molecule has 1 saturated heterocycles. The van der Waals surface area contributed by atoms with Gasteiger partial charge < -0.3 is 45.3 Å². The van der Waals surface area contributed by atoms with E-state index < -0.39 is 95.3 Å². The maximum absolute atomic E-state index is 14.6. The molecule has 0 spiro atoms. The fourth-order valence-corrected chi connectivity index (χ4v) is 8.56. The largest absolute Gasteiger partial charge is 0.392 e. The molecule has 13 amide bonds. The van der Waals surface area contributed by atoms with Crippen molar-refractivity contribution >= 4 is 65.4 Å². The highest BCUT2D eigenvalue weighted by atomic mass is 32.2. The summed E-state index contributed by atoms with van der Waals surface area (Å²) < 4.78 is 0. The standard InChI is InChI=1S/C46H83N11O11S/c1-14-17-19-31(6)35(58)28-36(59)48-32(16-3)39(62)54(12)41(69-26-18-21-57-24-22-56(20-15-2)23-25-57)40(63)52(10)34(29-46(7,8)68)38(61)49-43(65)55(13)45(67)51-42(64)50-44(66)53(11)33(27-30(4)5)37(60)47-9/h14,17,30-35,41,58,68H,15-16,18-29H2,1-13H3,(H,47,60)(H,48,59)(H,49,61,65)(H2,50,51,64,66,67)/b17-14+/t31-,32+,33+,34+,35+,41-/m1/s1. The number of aliphatic hydroxyl groups excluding tert-OH is 1. The van der Waals surface area contributed by atoms with Gasteiger partial charge in [-0.2, -0.15) is 0 Å². The first kappa shape index (κ1) is 62.2. The van der Waals surface area contributed by atoms with Crippen LogP contribution in [0, 0.1) is 11.8 Å². The lowest BCUT2D eigenvalue weighted by atomic mass is 9.97.